The molecular formula is C19H25FO. The number of aliphatic hydroxyl groups is 1. The lowest BCUT2D eigenvalue weighted by Crippen LogP contribution is -2.47. The molecule has 114 valence electrons. The van der Waals surface area contributed by atoms with Gasteiger partial charge in [-0.3, -0.25) is 0 Å². The third-order valence-corrected chi connectivity index (χ3v) is 6.22. The molecule has 21 heavy (non-hydrogen) atoms. The molecule has 0 spiro atoms. The molecule has 0 aliphatic heterocycles. The molecule has 1 aromatic rings. The highest BCUT2D eigenvalue weighted by molar-refractivity contribution is 5.17. The van der Waals surface area contributed by atoms with E-state index in [1.165, 1.54) is 50.7 Å². The van der Waals surface area contributed by atoms with Crippen LogP contribution in [0.25, 0.3) is 0 Å². The van der Waals surface area contributed by atoms with E-state index in [1.807, 2.05) is 0 Å². The quantitative estimate of drug-likeness (QED) is 0.874. The summed E-state index contributed by atoms with van der Waals surface area (Å²) >= 11 is 0. The fourth-order valence-corrected chi connectivity index (χ4v) is 6.00. The molecule has 0 aromatic heterocycles. The summed E-state index contributed by atoms with van der Waals surface area (Å²) in [4.78, 5) is 0. The van der Waals surface area contributed by atoms with Crippen LogP contribution >= 0.6 is 0 Å². The topological polar surface area (TPSA) is 20.2 Å². The zero-order chi connectivity index (χ0) is 14.4. The maximum absolute atomic E-state index is 12.9. The Morgan fingerprint density at radius 2 is 1.52 bits per heavy atom. The van der Waals surface area contributed by atoms with E-state index in [0.717, 1.165) is 29.7 Å². The molecule has 1 N–H and O–H groups in total. The number of halogens is 1. The predicted molar refractivity (Wildman–Crippen MR) is 81.3 cm³/mol. The van der Waals surface area contributed by atoms with Gasteiger partial charge in [0.05, 0.1) is 6.10 Å². The Kier molecular flexibility index (Phi) is 3.33. The van der Waals surface area contributed by atoms with Crippen molar-refractivity contribution in [3.8, 4) is 0 Å². The van der Waals surface area contributed by atoms with Crippen LogP contribution in [0.1, 0.15) is 50.5 Å². The van der Waals surface area contributed by atoms with Gasteiger partial charge in [0.25, 0.3) is 0 Å². The molecule has 4 aliphatic rings. The molecule has 4 fully saturated rings. The van der Waals surface area contributed by atoms with Crippen LogP contribution in [-0.4, -0.2) is 11.2 Å². The van der Waals surface area contributed by atoms with Gasteiger partial charge in [0, 0.05) is 0 Å². The molecule has 0 saturated heterocycles. The highest BCUT2D eigenvalue weighted by Gasteiger charge is 2.51. The molecule has 4 aliphatic carbocycles. The summed E-state index contributed by atoms with van der Waals surface area (Å²) in [6, 6.07) is 6.59. The fourth-order valence-electron chi connectivity index (χ4n) is 6.00. The summed E-state index contributed by atoms with van der Waals surface area (Å²) in [6.07, 6.45) is 9.74. The minimum Gasteiger partial charge on any atom is -0.393 e. The Morgan fingerprint density at radius 1 is 1.00 bits per heavy atom. The first-order valence-electron chi connectivity index (χ1n) is 8.53. The van der Waals surface area contributed by atoms with Gasteiger partial charge in [-0.25, -0.2) is 4.39 Å². The number of rotatable bonds is 4. The second-order valence-corrected chi connectivity index (χ2v) is 8.11. The van der Waals surface area contributed by atoms with Crippen molar-refractivity contribution in [3.63, 3.8) is 0 Å². The monoisotopic (exact) mass is 288 g/mol. The van der Waals surface area contributed by atoms with E-state index in [4.69, 9.17) is 0 Å². The second kappa shape index (κ2) is 5.08. The van der Waals surface area contributed by atoms with Crippen LogP contribution in [-0.2, 0) is 6.42 Å². The summed E-state index contributed by atoms with van der Waals surface area (Å²) in [5.74, 6) is 2.62. The summed E-state index contributed by atoms with van der Waals surface area (Å²) < 4.78 is 12.9. The van der Waals surface area contributed by atoms with Crippen LogP contribution in [0.5, 0.6) is 0 Å². The number of aliphatic hydroxyl groups excluding tert-OH is 1. The maximum Gasteiger partial charge on any atom is 0.123 e. The highest BCUT2D eigenvalue weighted by atomic mass is 19.1. The van der Waals surface area contributed by atoms with E-state index in [1.54, 1.807) is 12.1 Å². The zero-order valence-electron chi connectivity index (χ0n) is 12.6. The number of hydrogen-bond donors (Lipinski definition) is 1. The lowest BCUT2D eigenvalue weighted by atomic mass is 9.48. The lowest BCUT2D eigenvalue weighted by Gasteiger charge is -2.57. The Labute approximate surface area is 126 Å². The van der Waals surface area contributed by atoms with E-state index in [0.29, 0.717) is 11.8 Å². The van der Waals surface area contributed by atoms with Crippen LogP contribution in [0, 0.1) is 29.0 Å². The van der Waals surface area contributed by atoms with E-state index in [2.05, 4.69) is 0 Å². The van der Waals surface area contributed by atoms with Gasteiger partial charge >= 0.3 is 0 Å². The third-order valence-electron chi connectivity index (χ3n) is 6.22. The molecule has 1 atom stereocenters. The van der Waals surface area contributed by atoms with Crippen molar-refractivity contribution in [2.45, 2.75) is 57.5 Å². The van der Waals surface area contributed by atoms with Gasteiger partial charge in [0.15, 0.2) is 0 Å². The average Bonchev–Trinajstić information content (AvgIpc) is 2.39. The Bertz CT molecular complexity index is 472. The molecule has 1 unspecified atom stereocenters. The van der Waals surface area contributed by atoms with Gasteiger partial charge in [-0.05, 0) is 92.2 Å². The van der Waals surface area contributed by atoms with Crippen molar-refractivity contribution < 1.29 is 9.50 Å². The average molecular weight is 288 g/mol. The van der Waals surface area contributed by atoms with Crippen molar-refractivity contribution in [3.05, 3.63) is 35.6 Å². The lowest BCUT2D eigenvalue weighted by molar-refractivity contribution is -0.0756. The van der Waals surface area contributed by atoms with Gasteiger partial charge < -0.3 is 5.11 Å². The molecule has 0 radical (unpaired) electrons. The molecule has 2 heteroatoms. The van der Waals surface area contributed by atoms with Gasteiger partial charge in [-0.1, -0.05) is 12.1 Å². The Morgan fingerprint density at radius 3 is 2.05 bits per heavy atom. The van der Waals surface area contributed by atoms with E-state index < -0.39 is 0 Å². The minimum atomic E-state index is -0.272. The van der Waals surface area contributed by atoms with Crippen molar-refractivity contribution in [1.82, 2.24) is 0 Å². The molecule has 4 saturated carbocycles. The SMILES string of the molecule is OC(Cc1ccc(F)cc1)CC12CC3CC(CC(C3)C1)C2. The van der Waals surface area contributed by atoms with Gasteiger partial charge in [-0.15, -0.1) is 0 Å². The van der Waals surface area contributed by atoms with Crippen LogP contribution in [0.2, 0.25) is 0 Å². The molecule has 0 amide bonds. The zero-order valence-corrected chi connectivity index (χ0v) is 12.6. The normalized spacial score (nSPS) is 38.7. The Hall–Kier alpha value is -0.890. The van der Waals surface area contributed by atoms with Crippen LogP contribution < -0.4 is 0 Å². The van der Waals surface area contributed by atoms with Crippen LogP contribution in [0.3, 0.4) is 0 Å². The Balaban J connectivity index is 1.42. The molecular weight excluding hydrogens is 263 g/mol. The smallest absolute Gasteiger partial charge is 0.123 e. The minimum absolute atomic E-state index is 0.200. The number of hydrogen-bond acceptors (Lipinski definition) is 1. The van der Waals surface area contributed by atoms with E-state index in [-0.39, 0.29) is 11.9 Å². The van der Waals surface area contributed by atoms with E-state index in [9.17, 15) is 9.50 Å². The van der Waals surface area contributed by atoms with Gasteiger partial charge in [0.1, 0.15) is 5.82 Å². The van der Waals surface area contributed by atoms with Gasteiger partial charge in [0.2, 0.25) is 0 Å². The predicted octanol–water partition coefficient (Wildman–Crippen LogP) is 4.34. The summed E-state index contributed by atoms with van der Waals surface area (Å²) in [5.41, 5.74) is 1.47. The van der Waals surface area contributed by atoms with Crippen molar-refractivity contribution in [1.29, 1.82) is 0 Å². The van der Waals surface area contributed by atoms with Gasteiger partial charge in [-0.2, -0.15) is 0 Å². The number of benzene rings is 1. The molecule has 5 rings (SSSR count). The largest absolute Gasteiger partial charge is 0.393 e. The second-order valence-electron chi connectivity index (χ2n) is 8.11. The first-order chi connectivity index (χ1) is 10.1. The summed E-state index contributed by atoms with van der Waals surface area (Å²) in [7, 11) is 0. The molecule has 1 aromatic carbocycles. The van der Waals surface area contributed by atoms with Crippen molar-refractivity contribution >= 4 is 0 Å². The first kappa shape index (κ1) is 13.8. The molecule has 4 bridgehead atoms. The summed E-state index contributed by atoms with van der Waals surface area (Å²) in [5, 5.41) is 10.5. The first-order valence-corrected chi connectivity index (χ1v) is 8.53. The third kappa shape index (κ3) is 2.75. The van der Waals surface area contributed by atoms with Crippen molar-refractivity contribution in [2.75, 3.05) is 0 Å². The maximum atomic E-state index is 12.9. The highest BCUT2D eigenvalue weighted by Crippen LogP contribution is 2.61. The summed E-state index contributed by atoms with van der Waals surface area (Å²) in [6.45, 7) is 0. The van der Waals surface area contributed by atoms with Crippen LogP contribution in [0.15, 0.2) is 24.3 Å². The standard InChI is InChI=1S/C19H25FO/c20-17-3-1-13(2-4-17)8-18(21)12-19-9-14-5-15(10-19)7-16(6-14)11-19/h1-4,14-16,18,21H,5-12H2. The van der Waals surface area contributed by atoms with Crippen LogP contribution in [0.4, 0.5) is 4.39 Å². The van der Waals surface area contributed by atoms with E-state index >= 15 is 0 Å². The molecule has 1 nitrogen and oxygen atoms in total. The molecule has 0 heterocycles. The fraction of sp³-hybridized carbons (Fsp3) is 0.684. The van der Waals surface area contributed by atoms with Crippen molar-refractivity contribution in [2.24, 2.45) is 23.2 Å².